The molecule has 4 bridgehead atoms. The quantitative estimate of drug-likeness (QED) is 0.345. The number of hydrogen-bond donors (Lipinski definition) is 2. The number of terminal acetylenes is 1. The second-order valence-corrected chi connectivity index (χ2v) is 7.95. The molecule has 0 amide bonds. The highest BCUT2D eigenvalue weighted by atomic mass is 15.2. The molecule has 0 aromatic heterocycles. The van der Waals surface area contributed by atoms with Crippen molar-refractivity contribution in [2.24, 2.45) is 28.5 Å². The summed E-state index contributed by atoms with van der Waals surface area (Å²) in [5.41, 5.74) is 4.24. The minimum absolute atomic E-state index is 0.474. The predicted octanol–water partition coefficient (Wildman–Crippen LogP) is 3.23. The van der Waals surface area contributed by atoms with Crippen LogP contribution >= 0.6 is 0 Å². The number of nitrogens with one attached hydrogen (secondary N) is 1. The molecule has 0 aromatic rings. The van der Waals surface area contributed by atoms with Gasteiger partial charge in [0.1, 0.15) is 0 Å². The van der Waals surface area contributed by atoms with Gasteiger partial charge >= 0.3 is 0 Å². The highest BCUT2D eigenvalue weighted by Crippen LogP contribution is 2.66. The molecule has 0 aromatic carbocycles. The fraction of sp³-hybridized carbons (Fsp3) is 0.882. The van der Waals surface area contributed by atoms with Crippen molar-refractivity contribution in [2.75, 3.05) is 0 Å². The Kier molecular flexibility index (Phi) is 3.39. The maximum atomic E-state index is 5.92. The van der Waals surface area contributed by atoms with Gasteiger partial charge in [0.2, 0.25) is 0 Å². The van der Waals surface area contributed by atoms with Crippen molar-refractivity contribution in [2.45, 2.75) is 70.8 Å². The number of nitrogens with two attached hydrogens (primary N) is 1. The molecule has 106 valence electrons. The van der Waals surface area contributed by atoms with Crippen LogP contribution < -0.4 is 11.3 Å². The monoisotopic (exact) mass is 260 g/mol. The minimum Gasteiger partial charge on any atom is -0.271 e. The van der Waals surface area contributed by atoms with Gasteiger partial charge in [-0.05, 0) is 74.0 Å². The number of hydrazine groups is 1. The molecule has 4 saturated carbocycles. The molecule has 4 aliphatic carbocycles. The van der Waals surface area contributed by atoms with E-state index in [1.807, 2.05) is 0 Å². The molecular formula is C17H28N2. The van der Waals surface area contributed by atoms with E-state index in [1.165, 1.54) is 38.5 Å². The van der Waals surface area contributed by atoms with Gasteiger partial charge in [0.15, 0.2) is 0 Å². The largest absolute Gasteiger partial charge is 0.271 e. The first-order valence-electron chi connectivity index (χ1n) is 7.99. The summed E-state index contributed by atoms with van der Waals surface area (Å²) in [5.74, 6) is 10.6. The fourth-order valence-corrected chi connectivity index (χ4v) is 6.18. The summed E-state index contributed by atoms with van der Waals surface area (Å²) in [5, 5.41) is 0. The average Bonchev–Trinajstić information content (AvgIpc) is 2.31. The van der Waals surface area contributed by atoms with Gasteiger partial charge in [-0.15, -0.1) is 12.3 Å². The molecule has 19 heavy (non-hydrogen) atoms. The van der Waals surface area contributed by atoms with E-state index in [9.17, 15) is 0 Å². The summed E-state index contributed by atoms with van der Waals surface area (Å²) in [6.07, 6.45) is 17.1. The Morgan fingerprint density at radius 2 is 2.00 bits per heavy atom. The van der Waals surface area contributed by atoms with Gasteiger partial charge in [-0.2, -0.15) is 0 Å². The zero-order chi connectivity index (χ0) is 13.5. The maximum Gasteiger partial charge on any atom is 0.0267 e. The molecule has 0 heterocycles. The van der Waals surface area contributed by atoms with Crippen LogP contribution in [-0.2, 0) is 0 Å². The first-order chi connectivity index (χ1) is 9.09. The van der Waals surface area contributed by atoms with E-state index in [2.05, 4.69) is 18.3 Å². The molecule has 0 radical (unpaired) electrons. The van der Waals surface area contributed by atoms with Crippen molar-refractivity contribution in [3.63, 3.8) is 0 Å². The van der Waals surface area contributed by atoms with E-state index in [1.54, 1.807) is 0 Å². The van der Waals surface area contributed by atoms with Crippen molar-refractivity contribution < 1.29 is 0 Å². The van der Waals surface area contributed by atoms with Gasteiger partial charge < -0.3 is 0 Å². The van der Waals surface area contributed by atoms with Gasteiger partial charge in [0, 0.05) is 12.5 Å². The lowest BCUT2D eigenvalue weighted by molar-refractivity contribution is -0.119. The lowest BCUT2D eigenvalue weighted by atomic mass is 9.43. The summed E-state index contributed by atoms with van der Waals surface area (Å²) >= 11 is 0. The van der Waals surface area contributed by atoms with E-state index in [4.69, 9.17) is 12.3 Å². The normalized spacial score (nSPS) is 45.1. The van der Waals surface area contributed by atoms with E-state index in [0.29, 0.717) is 16.9 Å². The summed E-state index contributed by atoms with van der Waals surface area (Å²) in [6.45, 7) is 2.52. The molecule has 3 unspecified atom stereocenters. The third-order valence-corrected chi connectivity index (χ3v) is 6.15. The Hall–Kier alpha value is -0.520. The summed E-state index contributed by atoms with van der Waals surface area (Å²) < 4.78 is 0. The fourth-order valence-electron chi connectivity index (χ4n) is 6.18. The first kappa shape index (κ1) is 13.5. The second kappa shape index (κ2) is 4.79. The third-order valence-electron chi connectivity index (χ3n) is 6.15. The number of rotatable bonds is 5. The standard InChI is InChI=1S/C17H28N2/c1-3-4-5-6-15(19-18)17-10-13-7-14(11-17)9-16(2,8-13)12-17/h1,13-15,19H,4-12,18H2,2H3. The van der Waals surface area contributed by atoms with Crippen LogP contribution in [0.2, 0.25) is 0 Å². The van der Waals surface area contributed by atoms with Crippen molar-refractivity contribution in [3.8, 4) is 12.3 Å². The number of hydrogen-bond acceptors (Lipinski definition) is 2. The van der Waals surface area contributed by atoms with Crippen molar-refractivity contribution in [1.29, 1.82) is 0 Å². The molecule has 3 N–H and O–H groups in total. The van der Waals surface area contributed by atoms with Crippen molar-refractivity contribution in [1.82, 2.24) is 5.43 Å². The molecule has 4 fully saturated rings. The van der Waals surface area contributed by atoms with Crippen LogP contribution in [0.15, 0.2) is 0 Å². The topological polar surface area (TPSA) is 38.0 Å². The van der Waals surface area contributed by atoms with Crippen LogP contribution in [0, 0.1) is 35.0 Å². The molecule has 0 aliphatic heterocycles. The van der Waals surface area contributed by atoms with Crippen LogP contribution in [0.5, 0.6) is 0 Å². The lowest BCUT2D eigenvalue weighted by Gasteiger charge is -2.63. The summed E-state index contributed by atoms with van der Waals surface area (Å²) in [7, 11) is 0. The smallest absolute Gasteiger partial charge is 0.0267 e. The Labute approximate surface area is 117 Å². The van der Waals surface area contributed by atoms with Gasteiger partial charge in [-0.25, -0.2) is 0 Å². The van der Waals surface area contributed by atoms with Crippen LogP contribution in [0.4, 0.5) is 0 Å². The van der Waals surface area contributed by atoms with Crippen molar-refractivity contribution in [3.05, 3.63) is 0 Å². The third kappa shape index (κ3) is 2.32. The summed E-state index contributed by atoms with van der Waals surface area (Å²) in [4.78, 5) is 0. The Balaban J connectivity index is 1.76. The van der Waals surface area contributed by atoms with Crippen molar-refractivity contribution >= 4 is 0 Å². The van der Waals surface area contributed by atoms with E-state index >= 15 is 0 Å². The van der Waals surface area contributed by atoms with Crippen LogP contribution in [0.3, 0.4) is 0 Å². The molecule has 4 rings (SSSR count). The highest BCUT2D eigenvalue weighted by Gasteiger charge is 2.57. The first-order valence-corrected chi connectivity index (χ1v) is 7.99. The Morgan fingerprint density at radius 3 is 2.53 bits per heavy atom. The average molecular weight is 260 g/mol. The molecule has 0 spiro atoms. The second-order valence-electron chi connectivity index (χ2n) is 7.95. The molecular weight excluding hydrogens is 232 g/mol. The predicted molar refractivity (Wildman–Crippen MR) is 79.0 cm³/mol. The highest BCUT2D eigenvalue weighted by molar-refractivity contribution is 5.09. The Morgan fingerprint density at radius 1 is 1.32 bits per heavy atom. The van der Waals surface area contributed by atoms with E-state index in [0.717, 1.165) is 31.1 Å². The Bertz CT molecular complexity index is 367. The zero-order valence-electron chi connectivity index (χ0n) is 12.3. The zero-order valence-corrected chi connectivity index (χ0v) is 12.3. The van der Waals surface area contributed by atoms with Gasteiger partial charge in [0.05, 0.1) is 0 Å². The van der Waals surface area contributed by atoms with E-state index < -0.39 is 0 Å². The molecule has 3 atom stereocenters. The lowest BCUT2D eigenvalue weighted by Crippen LogP contribution is -2.59. The van der Waals surface area contributed by atoms with E-state index in [-0.39, 0.29) is 0 Å². The minimum atomic E-state index is 0.474. The number of unbranched alkanes of at least 4 members (excludes halogenated alkanes) is 1. The summed E-state index contributed by atoms with van der Waals surface area (Å²) in [6, 6.07) is 0.478. The van der Waals surface area contributed by atoms with Gasteiger partial charge in [0.25, 0.3) is 0 Å². The van der Waals surface area contributed by atoms with Gasteiger partial charge in [-0.3, -0.25) is 11.3 Å². The molecule has 4 aliphatic rings. The van der Waals surface area contributed by atoms with Crippen LogP contribution in [-0.4, -0.2) is 6.04 Å². The molecule has 2 nitrogen and oxygen atoms in total. The van der Waals surface area contributed by atoms with Gasteiger partial charge in [-0.1, -0.05) is 6.92 Å². The SMILES string of the molecule is C#CCCCC(NN)C12CC3CC(CC(C)(C3)C1)C2. The van der Waals surface area contributed by atoms with Crippen LogP contribution in [0.25, 0.3) is 0 Å². The maximum absolute atomic E-state index is 5.92. The molecule has 0 saturated heterocycles. The molecule has 2 heteroatoms. The van der Waals surface area contributed by atoms with Crippen LogP contribution in [0.1, 0.15) is 64.7 Å².